The summed E-state index contributed by atoms with van der Waals surface area (Å²) in [4.78, 5) is 14.9. The van der Waals surface area contributed by atoms with Gasteiger partial charge in [-0.05, 0) is 56.5 Å². The number of pyridine rings is 1. The van der Waals surface area contributed by atoms with Crippen LogP contribution in [0.2, 0.25) is 10.0 Å². The van der Waals surface area contributed by atoms with E-state index in [0.717, 1.165) is 24.1 Å². The lowest BCUT2D eigenvalue weighted by molar-refractivity contribution is 0.472. The fourth-order valence-corrected chi connectivity index (χ4v) is 3.26. The van der Waals surface area contributed by atoms with Crippen LogP contribution in [0.25, 0.3) is 0 Å². The minimum absolute atomic E-state index is 0.0430. The summed E-state index contributed by atoms with van der Waals surface area (Å²) in [6, 6.07) is 10.4. The van der Waals surface area contributed by atoms with E-state index in [1.807, 2.05) is 18.2 Å². The Hall–Kier alpha value is -2.88. The van der Waals surface area contributed by atoms with Gasteiger partial charge in [0.2, 0.25) is 0 Å². The molecule has 2 heterocycles. The Labute approximate surface area is 171 Å². The van der Waals surface area contributed by atoms with Crippen LogP contribution in [0.1, 0.15) is 28.9 Å². The van der Waals surface area contributed by atoms with Crippen LogP contribution in [0, 0.1) is 18.3 Å². The second kappa shape index (κ2) is 8.87. The highest BCUT2D eigenvalue weighted by Crippen LogP contribution is 2.34. The van der Waals surface area contributed by atoms with Gasteiger partial charge in [-0.1, -0.05) is 23.2 Å². The van der Waals surface area contributed by atoms with Crippen LogP contribution in [0.3, 0.4) is 0 Å². The molecule has 0 radical (unpaired) electrons. The molecule has 0 aliphatic rings. The Morgan fingerprint density at radius 3 is 2.79 bits per heavy atom. The van der Waals surface area contributed by atoms with Gasteiger partial charge in [0, 0.05) is 22.5 Å². The zero-order valence-electron chi connectivity index (χ0n) is 15.0. The predicted octanol–water partition coefficient (Wildman–Crippen LogP) is 4.62. The van der Waals surface area contributed by atoms with Crippen LogP contribution in [0.4, 0.5) is 0 Å². The first kappa shape index (κ1) is 19.9. The number of aryl methyl sites for hydroxylation is 2. The van der Waals surface area contributed by atoms with E-state index in [9.17, 15) is 4.79 Å². The third-order valence-electron chi connectivity index (χ3n) is 4.13. The highest BCUT2D eigenvalue weighted by atomic mass is 35.5. The summed E-state index contributed by atoms with van der Waals surface area (Å²) in [7, 11) is 0. The summed E-state index contributed by atoms with van der Waals surface area (Å²) in [5.41, 5.74) is 2.25. The number of nitrogens with zero attached hydrogens (tertiary/aromatic N) is 3. The second-order valence-electron chi connectivity index (χ2n) is 6.16. The topological polar surface area (TPSA) is 91.7 Å². The fraction of sp³-hybridized carbons (Fsp3) is 0.200. The minimum atomic E-state index is -0.436. The number of aromatic amines is 1. The van der Waals surface area contributed by atoms with E-state index >= 15 is 0 Å². The van der Waals surface area contributed by atoms with Gasteiger partial charge in [0.1, 0.15) is 10.8 Å². The molecule has 0 aliphatic carbocycles. The molecule has 0 unspecified atom stereocenters. The first-order valence-corrected chi connectivity index (χ1v) is 9.30. The van der Waals surface area contributed by atoms with Crippen molar-refractivity contribution in [1.82, 2.24) is 15.2 Å². The van der Waals surface area contributed by atoms with E-state index in [1.165, 1.54) is 6.07 Å². The van der Waals surface area contributed by atoms with Crippen molar-refractivity contribution < 1.29 is 4.74 Å². The Morgan fingerprint density at radius 2 is 2.07 bits per heavy atom. The number of nitrogens with one attached hydrogen (secondary N) is 1. The maximum absolute atomic E-state index is 12.1. The Kier molecular flexibility index (Phi) is 6.30. The standard InChI is InChI=1S/C20H16Cl2N4O2/c1-12-17(6-2-4-15-5-3-7-24-26-15)19(18(22)20(27)25-12)28-16-9-13(11-23)8-14(21)10-16/h3,5,7-10H,2,4,6H2,1H3,(H,25,27). The van der Waals surface area contributed by atoms with E-state index in [1.54, 1.807) is 25.3 Å². The summed E-state index contributed by atoms with van der Waals surface area (Å²) in [5, 5.41) is 17.4. The van der Waals surface area contributed by atoms with E-state index in [0.29, 0.717) is 28.5 Å². The van der Waals surface area contributed by atoms with Gasteiger partial charge in [-0.3, -0.25) is 4.79 Å². The molecule has 3 aromatic rings. The van der Waals surface area contributed by atoms with Crippen LogP contribution in [0.15, 0.2) is 41.3 Å². The molecule has 6 nitrogen and oxygen atoms in total. The van der Waals surface area contributed by atoms with Crippen molar-refractivity contribution in [3.8, 4) is 17.6 Å². The first-order chi connectivity index (χ1) is 13.5. The minimum Gasteiger partial charge on any atom is -0.455 e. The number of nitriles is 1. The van der Waals surface area contributed by atoms with Crippen molar-refractivity contribution in [2.24, 2.45) is 0 Å². The van der Waals surface area contributed by atoms with Crippen LogP contribution in [-0.4, -0.2) is 15.2 Å². The van der Waals surface area contributed by atoms with Crippen LogP contribution >= 0.6 is 23.2 Å². The average Bonchev–Trinajstić information content (AvgIpc) is 2.68. The van der Waals surface area contributed by atoms with Crippen molar-refractivity contribution in [1.29, 1.82) is 5.26 Å². The molecule has 28 heavy (non-hydrogen) atoms. The number of H-pyrrole nitrogens is 1. The number of aromatic nitrogens is 3. The molecule has 0 aliphatic heterocycles. The number of rotatable bonds is 6. The maximum Gasteiger partial charge on any atom is 0.270 e. The SMILES string of the molecule is Cc1[nH]c(=O)c(Cl)c(Oc2cc(Cl)cc(C#N)c2)c1CCCc1cccnn1. The van der Waals surface area contributed by atoms with Gasteiger partial charge >= 0.3 is 0 Å². The first-order valence-electron chi connectivity index (χ1n) is 8.54. The van der Waals surface area contributed by atoms with Gasteiger partial charge in [-0.25, -0.2) is 0 Å². The lowest BCUT2D eigenvalue weighted by Gasteiger charge is -2.15. The molecule has 0 fully saturated rings. The normalized spacial score (nSPS) is 10.5. The van der Waals surface area contributed by atoms with E-state index in [4.69, 9.17) is 33.2 Å². The molecule has 142 valence electrons. The van der Waals surface area contributed by atoms with Crippen LogP contribution < -0.4 is 10.3 Å². The summed E-state index contributed by atoms with van der Waals surface area (Å²) >= 11 is 12.3. The molecular formula is C20H16Cl2N4O2. The van der Waals surface area contributed by atoms with Gasteiger partial charge in [0.15, 0.2) is 5.75 Å². The summed E-state index contributed by atoms with van der Waals surface area (Å²) in [6.07, 6.45) is 3.72. The smallest absolute Gasteiger partial charge is 0.270 e. The number of benzene rings is 1. The van der Waals surface area contributed by atoms with Crippen LogP contribution in [0.5, 0.6) is 11.5 Å². The van der Waals surface area contributed by atoms with Crippen molar-refractivity contribution in [3.05, 3.63) is 79.4 Å². The monoisotopic (exact) mass is 414 g/mol. The number of halogens is 2. The molecule has 0 spiro atoms. The molecule has 1 aromatic carbocycles. The van der Waals surface area contributed by atoms with Gasteiger partial charge in [0.25, 0.3) is 5.56 Å². The zero-order valence-corrected chi connectivity index (χ0v) is 16.5. The van der Waals surface area contributed by atoms with Gasteiger partial charge in [-0.2, -0.15) is 15.5 Å². The van der Waals surface area contributed by atoms with Crippen molar-refractivity contribution in [3.63, 3.8) is 0 Å². The fourth-order valence-electron chi connectivity index (χ4n) is 2.83. The highest BCUT2D eigenvalue weighted by Gasteiger charge is 2.17. The molecule has 0 amide bonds. The molecule has 1 N–H and O–H groups in total. The van der Waals surface area contributed by atoms with Crippen molar-refractivity contribution in [2.75, 3.05) is 0 Å². The summed E-state index contributed by atoms with van der Waals surface area (Å²) in [6.45, 7) is 1.79. The second-order valence-corrected chi connectivity index (χ2v) is 6.97. The summed E-state index contributed by atoms with van der Waals surface area (Å²) in [5.74, 6) is 0.611. The lowest BCUT2D eigenvalue weighted by atomic mass is 10.0. The summed E-state index contributed by atoms with van der Waals surface area (Å²) < 4.78 is 5.91. The lowest BCUT2D eigenvalue weighted by Crippen LogP contribution is -2.13. The van der Waals surface area contributed by atoms with E-state index in [-0.39, 0.29) is 10.8 Å². The molecule has 0 atom stereocenters. The Balaban J connectivity index is 1.90. The third-order valence-corrected chi connectivity index (χ3v) is 4.70. The van der Waals surface area contributed by atoms with E-state index < -0.39 is 5.56 Å². The zero-order chi connectivity index (χ0) is 20.1. The molecule has 8 heteroatoms. The quantitative estimate of drug-likeness (QED) is 0.634. The molecule has 0 bridgehead atoms. The largest absolute Gasteiger partial charge is 0.455 e. The van der Waals surface area contributed by atoms with E-state index in [2.05, 4.69) is 15.2 Å². The predicted molar refractivity (Wildman–Crippen MR) is 107 cm³/mol. The maximum atomic E-state index is 12.1. The molecule has 3 rings (SSSR count). The number of hydrogen-bond acceptors (Lipinski definition) is 5. The molecule has 2 aromatic heterocycles. The average molecular weight is 415 g/mol. The number of hydrogen-bond donors (Lipinski definition) is 1. The molecule has 0 saturated heterocycles. The Morgan fingerprint density at radius 1 is 1.25 bits per heavy atom. The van der Waals surface area contributed by atoms with Crippen LogP contribution in [-0.2, 0) is 12.8 Å². The van der Waals surface area contributed by atoms with Gasteiger partial charge in [0.05, 0.1) is 17.3 Å². The van der Waals surface area contributed by atoms with Gasteiger partial charge in [-0.15, -0.1) is 0 Å². The molecule has 0 saturated carbocycles. The Bertz CT molecular complexity index is 1090. The number of ether oxygens (including phenoxy) is 1. The van der Waals surface area contributed by atoms with Crippen molar-refractivity contribution >= 4 is 23.2 Å². The van der Waals surface area contributed by atoms with Gasteiger partial charge < -0.3 is 9.72 Å². The third kappa shape index (κ3) is 4.69. The molecular weight excluding hydrogens is 399 g/mol. The highest BCUT2D eigenvalue weighted by molar-refractivity contribution is 6.32. The van der Waals surface area contributed by atoms with Crippen molar-refractivity contribution in [2.45, 2.75) is 26.2 Å².